The molecule has 35 heavy (non-hydrogen) atoms. The standard InChI is InChI=1S/C28H22ClNO3S2/c1-3-33-27(32)22-21-15-17(2)13-14-30(21)24-23(22)26(25(31)19-7-5-4-6-8-19)35-28(24)34-16-18-9-11-20(29)12-10-18/h4-15H,3,16H2,1-2H3. The molecule has 0 spiro atoms. The smallest absolute Gasteiger partial charge is 0.341 e. The number of thiophene rings is 1. The number of hydrogen-bond donors (Lipinski definition) is 0. The van der Waals surface area contributed by atoms with Crippen LogP contribution in [0.3, 0.4) is 0 Å². The molecule has 0 fully saturated rings. The molecule has 0 bridgehead atoms. The molecule has 4 nitrogen and oxygen atoms in total. The van der Waals surface area contributed by atoms with E-state index >= 15 is 0 Å². The molecule has 0 saturated heterocycles. The quantitative estimate of drug-likeness (QED) is 0.125. The minimum absolute atomic E-state index is 0.0999. The molecule has 7 heteroatoms. The van der Waals surface area contributed by atoms with E-state index in [1.54, 1.807) is 30.8 Å². The van der Waals surface area contributed by atoms with Gasteiger partial charge in [0.2, 0.25) is 5.78 Å². The molecule has 3 aromatic heterocycles. The van der Waals surface area contributed by atoms with Gasteiger partial charge in [-0.15, -0.1) is 23.1 Å². The monoisotopic (exact) mass is 519 g/mol. The van der Waals surface area contributed by atoms with Crippen molar-refractivity contribution >= 4 is 62.9 Å². The summed E-state index contributed by atoms with van der Waals surface area (Å²) in [5.41, 5.74) is 4.80. The average Bonchev–Trinajstić information content (AvgIpc) is 3.39. The van der Waals surface area contributed by atoms with Gasteiger partial charge in [0.25, 0.3) is 0 Å². The van der Waals surface area contributed by atoms with E-state index in [0.29, 0.717) is 32.2 Å². The molecule has 0 amide bonds. The Bertz CT molecular complexity index is 1550. The lowest BCUT2D eigenvalue weighted by molar-refractivity contribution is 0.0531. The average molecular weight is 520 g/mol. The van der Waals surface area contributed by atoms with Gasteiger partial charge in [0.05, 0.1) is 32.3 Å². The highest BCUT2D eigenvalue weighted by Gasteiger charge is 2.29. The highest BCUT2D eigenvalue weighted by atomic mass is 35.5. The van der Waals surface area contributed by atoms with Gasteiger partial charge in [0.15, 0.2) is 0 Å². The summed E-state index contributed by atoms with van der Waals surface area (Å²) in [7, 11) is 0. The lowest BCUT2D eigenvalue weighted by Gasteiger charge is -2.05. The maximum absolute atomic E-state index is 13.7. The number of ketones is 1. The van der Waals surface area contributed by atoms with Crippen LogP contribution in [-0.4, -0.2) is 22.8 Å². The third kappa shape index (κ3) is 4.49. The molecule has 3 heterocycles. The molecule has 5 aromatic rings. The first-order valence-electron chi connectivity index (χ1n) is 11.2. The number of nitrogens with zero attached hydrogens (tertiary/aromatic N) is 1. The van der Waals surface area contributed by atoms with Crippen molar-refractivity contribution in [1.29, 1.82) is 0 Å². The van der Waals surface area contributed by atoms with E-state index in [-0.39, 0.29) is 12.4 Å². The van der Waals surface area contributed by atoms with E-state index in [0.717, 1.165) is 26.4 Å². The zero-order valence-electron chi connectivity index (χ0n) is 19.2. The van der Waals surface area contributed by atoms with Crippen LogP contribution >= 0.6 is 34.7 Å². The van der Waals surface area contributed by atoms with Crippen molar-refractivity contribution in [3.63, 3.8) is 0 Å². The molecule has 0 radical (unpaired) electrons. The Morgan fingerprint density at radius 3 is 2.51 bits per heavy atom. The lowest BCUT2D eigenvalue weighted by atomic mass is 10.1. The number of benzene rings is 2. The maximum Gasteiger partial charge on any atom is 0.341 e. The number of carbonyl (C=O) groups excluding carboxylic acids is 2. The first-order chi connectivity index (χ1) is 17.0. The van der Waals surface area contributed by atoms with Crippen LogP contribution in [0.1, 0.15) is 43.6 Å². The van der Waals surface area contributed by atoms with Crippen molar-refractivity contribution in [2.45, 2.75) is 23.8 Å². The second-order valence-corrected chi connectivity index (χ2v) is 10.8. The van der Waals surface area contributed by atoms with Crippen LogP contribution in [0.25, 0.3) is 16.4 Å². The van der Waals surface area contributed by atoms with E-state index in [9.17, 15) is 9.59 Å². The summed E-state index contributed by atoms with van der Waals surface area (Å²) in [5.74, 6) is 0.191. The number of pyridine rings is 1. The van der Waals surface area contributed by atoms with Gasteiger partial charge in [-0.25, -0.2) is 4.79 Å². The van der Waals surface area contributed by atoms with Crippen molar-refractivity contribution in [3.8, 4) is 0 Å². The molecule has 0 unspecified atom stereocenters. The third-order valence-corrected chi connectivity index (χ3v) is 8.48. The molecule has 5 rings (SSSR count). The molecule has 2 aromatic carbocycles. The lowest BCUT2D eigenvalue weighted by Crippen LogP contribution is -2.06. The van der Waals surface area contributed by atoms with Gasteiger partial charge in [0, 0.05) is 27.9 Å². The second-order valence-electron chi connectivity index (χ2n) is 8.11. The summed E-state index contributed by atoms with van der Waals surface area (Å²) in [5, 5.41) is 1.35. The van der Waals surface area contributed by atoms with Gasteiger partial charge >= 0.3 is 5.97 Å². The minimum Gasteiger partial charge on any atom is -0.462 e. The molecular formula is C28H22ClNO3S2. The summed E-state index contributed by atoms with van der Waals surface area (Å²) >= 11 is 9.13. The van der Waals surface area contributed by atoms with Crippen LogP contribution in [0, 0.1) is 6.92 Å². The highest BCUT2D eigenvalue weighted by Crippen LogP contribution is 2.44. The largest absolute Gasteiger partial charge is 0.462 e. The van der Waals surface area contributed by atoms with Gasteiger partial charge in [-0.3, -0.25) is 4.79 Å². The van der Waals surface area contributed by atoms with E-state index in [1.807, 2.05) is 72.1 Å². The Labute approximate surface area is 216 Å². The number of carbonyl (C=O) groups is 2. The number of rotatable bonds is 7. The highest BCUT2D eigenvalue weighted by molar-refractivity contribution is 8.00. The number of esters is 1. The van der Waals surface area contributed by atoms with Gasteiger partial charge in [-0.1, -0.05) is 54.1 Å². The molecule has 0 aliphatic heterocycles. The van der Waals surface area contributed by atoms with E-state index < -0.39 is 5.97 Å². The Morgan fingerprint density at radius 2 is 1.80 bits per heavy atom. The van der Waals surface area contributed by atoms with E-state index in [4.69, 9.17) is 16.3 Å². The maximum atomic E-state index is 13.7. The second kappa shape index (κ2) is 9.90. The van der Waals surface area contributed by atoms with Crippen LogP contribution in [0.15, 0.2) is 77.1 Å². The molecule has 0 N–H and O–H groups in total. The first-order valence-corrected chi connectivity index (χ1v) is 13.4. The summed E-state index contributed by atoms with van der Waals surface area (Å²) in [6.07, 6.45) is 1.96. The fraction of sp³-hybridized carbons (Fsp3) is 0.143. The molecule has 0 aliphatic rings. The third-order valence-electron chi connectivity index (χ3n) is 5.71. The summed E-state index contributed by atoms with van der Waals surface area (Å²) in [4.78, 5) is 27.5. The fourth-order valence-electron chi connectivity index (χ4n) is 4.09. The Balaban J connectivity index is 1.74. The molecule has 0 saturated carbocycles. The van der Waals surface area contributed by atoms with Gasteiger partial charge in [0.1, 0.15) is 0 Å². The number of hydrogen-bond acceptors (Lipinski definition) is 5. The number of aromatic nitrogens is 1. The molecule has 0 atom stereocenters. The molecule has 0 aliphatic carbocycles. The van der Waals surface area contributed by atoms with Crippen molar-refractivity contribution in [2.24, 2.45) is 0 Å². The summed E-state index contributed by atoms with van der Waals surface area (Å²) in [6, 6.07) is 20.9. The van der Waals surface area contributed by atoms with Crippen molar-refractivity contribution in [1.82, 2.24) is 4.40 Å². The van der Waals surface area contributed by atoms with Crippen molar-refractivity contribution in [3.05, 3.63) is 105 Å². The SMILES string of the molecule is CCOC(=O)c1c2c(C(=O)c3ccccc3)sc(SCc3ccc(Cl)cc3)c2n2ccc(C)cc12. The van der Waals surface area contributed by atoms with Crippen LogP contribution in [0.4, 0.5) is 0 Å². The van der Waals surface area contributed by atoms with Gasteiger partial charge in [-0.05, 0) is 49.2 Å². The zero-order chi connectivity index (χ0) is 24.5. The predicted molar refractivity (Wildman–Crippen MR) is 144 cm³/mol. The topological polar surface area (TPSA) is 47.8 Å². The fourth-order valence-corrected chi connectivity index (χ4v) is 6.70. The first kappa shape index (κ1) is 23.7. The number of ether oxygens (including phenoxy) is 1. The molecule has 176 valence electrons. The van der Waals surface area contributed by atoms with Gasteiger partial charge < -0.3 is 9.14 Å². The van der Waals surface area contributed by atoms with E-state index in [2.05, 4.69) is 0 Å². The van der Waals surface area contributed by atoms with Crippen molar-refractivity contribution in [2.75, 3.05) is 6.61 Å². The van der Waals surface area contributed by atoms with Gasteiger partial charge in [-0.2, -0.15) is 0 Å². The number of aryl methyl sites for hydroxylation is 1. The Kier molecular flexibility index (Phi) is 6.69. The summed E-state index contributed by atoms with van der Waals surface area (Å²) < 4.78 is 8.44. The normalized spacial score (nSPS) is 11.3. The van der Waals surface area contributed by atoms with Crippen LogP contribution in [0.5, 0.6) is 0 Å². The number of thioether (sulfide) groups is 1. The Morgan fingerprint density at radius 1 is 1.06 bits per heavy atom. The van der Waals surface area contributed by atoms with Crippen LogP contribution in [0.2, 0.25) is 5.02 Å². The predicted octanol–water partition coefficient (Wildman–Crippen LogP) is 7.82. The number of halogens is 1. The molecular weight excluding hydrogens is 498 g/mol. The number of fused-ring (bicyclic) bond motifs is 3. The zero-order valence-corrected chi connectivity index (χ0v) is 21.6. The van der Waals surface area contributed by atoms with Crippen LogP contribution in [-0.2, 0) is 10.5 Å². The minimum atomic E-state index is -0.417. The van der Waals surface area contributed by atoms with Crippen molar-refractivity contribution < 1.29 is 14.3 Å². The van der Waals surface area contributed by atoms with Crippen LogP contribution < -0.4 is 0 Å². The summed E-state index contributed by atoms with van der Waals surface area (Å²) in [6.45, 7) is 4.03. The Hall–Kier alpha value is -3.06. The van der Waals surface area contributed by atoms with E-state index in [1.165, 1.54) is 11.3 Å².